The van der Waals surface area contributed by atoms with Crippen molar-refractivity contribution in [3.05, 3.63) is 72.3 Å². The highest BCUT2D eigenvalue weighted by Gasteiger charge is 2.22. The summed E-state index contributed by atoms with van der Waals surface area (Å²) in [5.41, 5.74) is 2.20. The maximum Gasteiger partial charge on any atom is 0.245 e. The Labute approximate surface area is 159 Å². The van der Waals surface area contributed by atoms with Crippen LogP contribution in [-0.2, 0) is 21.2 Å². The van der Waals surface area contributed by atoms with E-state index in [1.165, 1.54) is 0 Å². The van der Waals surface area contributed by atoms with Crippen molar-refractivity contribution in [3.8, 4) is 0 Å². The maximum absolute atomic E-state index is 12.6. The molecule has 0 spiro atoms. The van der Waals surface area contributed by atoms with Gasteiger partial charge in [-0.25, -0.2) is 8.42 Å². The number of nitrogens with one attached hydrogen (secondary N) is 1. The normalized spacial score (nSPS) is 11.3. The fraction of sp³-hybridized carbons (Fsp3) is 0.190. The van der Waals surface area contributed by atoms with Crippen molar-refractivity contribution in [2.75, 3.05) is 22.4 Å². The third-order valence-electron chi connectivity index (χ3n) is 4.40. The van der Waals surface area contributed by atoms with E-state index in [1.807, 2.05) is 61.5 Å². The molecule has 140 valence electrons. The van der Waals surface area contributed by atoms with Gasteiger partial charge in [-0.3, -0.25) is 9.10 Å². The molecule has 0 bridgehead atoms. The van der Waals surface area contributed by atoms with Gasteiger partial charge in [-0.15, -0.1) is 0 Å². The molecule has 0 heterocycles. The molecule has 0 radical (unpaired) electrons. The van der Waals surface area contributed by atoms with Crippen LogP contribution in [0.2, 0.25) is 0 Å². The highest BCUT2D eigenvalue weighted by Crippen LogP contribution is 2.28. The number of rotatable bonds is 6. The molecular formula is C21H22N2O3S. The molecule has 1 N–H and O–H groups in total. The molecule has 3 aromatic rings. The van der Waals surface area contributed by atoms with E-state index in [4.69, 9.17) is 0 Å². The summed E-state index contributed by atoms with van der Waals surface area (Å²) < 4.78 is 26.0. The molecule has 27 heavy (non-hydrogen) atoms. The lowest BCUT2D eigenvalue weighted by atomic mass is 10.1. The van der Waals surface area contributed by atoms with Gasteiger partial charge in [0, 0.05) is 11.1 Å². The molecule has 3 rings (SSSR count). The zero-order valence-electron chi connectivity index (χ0n) is 15.3. The smallest absolute Gasteiger partial charge is 0.245 e. The van der Waals surface area contributed by atoms with E-state index in [9.17, 15) is 13.2 Å². The summed E-state index contributed by atoms with van der Waals surface area (Å²) in [6.07, 6.45) is 1.89. The number of aryl methyl sites for hydroxylation is 1. The minimum Gasteiger partial charge on any atom is -0.324 e. The average Bonchev–Trinajstić information content (AvgIpc) is 2.65. The molecule has 0 unspecified atom stereocenters. The Morgan fingerprint density at radius 3 is 2.37 bits per heavy atom. The van der Waals surface area contributed by atoms with Crippen molar-refractivity contribution in [1.29, 1.82) is 0 Å². The number of benzene rings is 3. The van der Waals surface area contributed by atoms with Crippen molar-refractivity contribution in [1.82, 2.24) is 0 Å². The van der Waals surface area contributed by atoms with Crippen LogP contribution in [0.25, 0.3) is 10.8 Å². The first-order chi connectivity index (χ1) is 12.9. The summed E-state index contributed by atoms with van der Waals surface area (Å²) in [5.74, 6) is -0.380. The molecular weight excluding hydrogens is 360 g/mol. The molecule has 0 aromatic heterocycles. The second-order valence-electron chi connectivity index (χ2n) is 6.33. The summed E-state index contributed by atoms with van der Waals surface area (Å²) >= 11 is 0. The number of carbonyl (C=O) groups excluding carboxylic acids is 1. The van der Waals surface area contributed by atoms with Crippen LogP contribution in [0.3, 0.4) is 0 Å². The number of nitrogens with zero attached hydrogens (tertiary/aromatic N) is 1. The number of carbonyl (C=O) groups is 1. The Balaban J connectivity index is 1.93. The summed E-state index contributed by atoms with van der Waals surface area (Å²) in [6.45, 7) is 1.72. The zero-order valence-corrected chi connectivity index (χ0v) is 16.2. The number of hydrogen-bond acceptors (Lipinski definition) is 3. The molecule has 6 heteroatoms. The second-order valence-corrected chi connectivity index (χ2v) is 8.23. The largest absolute Gasteiger partial charge is 0.324 e. The van der Waals surface area contributed by atoms with Crippen LogP contribution < -0.4 is 9.62 Å². The lowest BCUT2D eigenvalue weighted by Gasteiger charge is -2.23. The summed E-state index contributed by atoms with van der Waals surface area (Å²) in [6, 6.07) is 20.4. The lowest BCUT2D eigenvalue weighted by molar-refractivity contribution is -0.114. The number of fused-ring (bicyclic) bond motifs is 1. The van der Waals surface area contributed by atoms with Gasteiger partial charge in [0.1, 0.15) is 6.54 Å². The summed E-state index contributed by atoms with van der Waals surface area (Å²) in [7, 11) is -3.64. The van der Waals surface area contributed by atoms with E-state index < -0.39 is 10.0 Å². The van der Waals surface area contributed by atoms with Crippen LogP contribution in [0.15, 0.2) is 66.7 Å². The van der Waals surface area contributed by atoms with Gasteiger partial charge < -0.3 is 5.32 Å². The molecule has 0 atom stereocenters. The second kappa shape index (κ2) is 7.80. The van der Waals surface area contributed by atoms with E-state index in [0.717, 1.165) is 33.3 Å². The Hall–Kier alpha value is -2.86. The van der Waals surface area contributed by atoms with Gasteiger partial charge in [-0.1, -0.05) is 61.5 Å². The first-order valence-corrected chi connectivity index (χ1v) is 10.6. The Morgan fingerprint density at radius 2 is 1.63 bits per heavy atom. The fourth-order valence-corrected chi connectivity index (χ4v) is 3.95. The number of amides is 1. The molecule has 0 saturated carbocycles. The third kappa shape index (κ3) is 4.28. The Morgan fingerprint density at radius 1 is 0.963 bits per heavy atom. The summed E-state index contributed by atoms with van der Waals surface area (Å²) in [5, 5.41) is 4.54. The van der Waals surface area contributed by atoms with Gasteiger partial charge in [-0.2, -0.15) is 0 Å². The van der Waals surface area contributed by atoms with Crippen molar-refractivity contribution in [2.45, 2.75) is 13.3 Å². The van der Waals surface area contributed by atoms with Crippen LogP contribution in [-0.4, -0.2) is 27.1 Å². The van der Waals surface area contributed by atoms with Gasteiger partial charge in [-0.05, 0) is 29.5 Å². The predicted molar refractivity (Wildman–Crippen MR) is 111 cm³/mol. The highest BCUT2D eigenvalue weighted by atomic mass is 32.2. The fourth-order valence-electron chi connectivity index (χ4n) is 3.08. The predicted octanol–water partition coefficient (Wildman–Crippen LogP) is 3.81. The van der Waals surface area contributed by atoms with Gasteiger partial charge in [0.2, 0.25) is 15.9 Å². The van der Waals surface area contributed by atoms with Crippen LogP contribution in [0.5, 0.6) is 0 Å². The molecule has 1 amide bonds. The van der Waals surface area contributed by atoms with Crippen LogP contribution in [0.4, 0.5) is 11.4 Å². The van der Waals surface area contributed by atoms with Gasteiger partial charge in [0.15, 0.2) is 0 Å². The molecule has 0 aliphatic carbocycles. The van der Waals surface area contributed by atoms with Crippen LogP contribution in [0, 0.1) is 0 Å². The minimum atomic E-state index is -3.64. The van der Waals surface area contributed by atoms with Crippen molar-refractivity contribution >= 4 is 38.1 Å². The Kier molecular flexibility index (Phi) is 5.46. The Bertz CT molecular complexity index is 1070. The van der Waals surface area contributed by atoms with Gasteiger partial charge >= 0.3 is 0 Å². The van der Waals surface area contributed by atoms with E-state index in [2.05, 4.69) is 5.32 Å². The lowest BCUT2D eigenvalue weighted by Crippen LogP contribution is -2.37. The molecule has 0 aliphatic heterocycles. The first kappa shape index (κ1) is 18.9. The molecule has 0 aliphatic rings. The standard InChI is InChI=1S/C21H22N2O3S/c1-3-16-9-5-7-13-19(16)22-21(24)15-23(27(2,25)26)20-14-8-11-17-10-4-6-12-18(17)20/h4-14H,3,15H2,1-2H3,(H,22,24). The number of hydrogen-bond donors (Lipinski definition) is 1. The summed E-state index contributed by atoms with van der Waals surface area (Å²) in [4.78, 5) is 12.6. The zero-order chi connectivity index (χ0) is 19.4. The minimum absolute atomic E-state index is 0.287. The molecule has 0 saturated heterocycles. The van der Waals surface area contributed by atoms with Gasteiger partial charge in [0.05, 0.1) is 11.9 Å². The average molecular weight is 382 g/mol. The monoisotopic (exact) mass is 382 g/mol. The number of sulfonamides is 1. The van der Waals surface area contributed by atoms with Crippen LogP contribution >= 0.6 is 0 Å². The van der Waals surface area contributed by atoms with E-state index in [-0.39, 0.29) is 12.5 Å². The topological polar surface area (TPSA) is 66.5 Å². The molecule has 5 nitrogen and oxygen atoms in total. The third-order valence-corrected chi connectivity index (χ3v) is 5.52. The highest BCUT2D eigenvalue weighted by molar-refractivity contribution is 7.92. The van der Waals surface area contributed by atoms with Crippen molar-refractivity contribution in [3.63, 3.8) is 0 Å². The van der Waals surface area contributed by atoms with E-state index in [0.29, 0.717) is 11.4 Å². The number of para-hydroxylation sites is 1. The maximum atomic E-state index is 12.6. The molecule has 0 fully saturated rings. The quantitative estimate of drug-likeness (QED) is 0.705. The first-order valence-electron chi connectivity index (χ1n) is 8.73. The van der Waals surface area contributed by atoms with E-state index >= 15 is 0 Å². The van der Waals surface area contributed by atoms with E-state index in [1.54, 1.807) is 12.1 Å². The SMILES string of the molecule is CCc1ccccc1NC(=O)CN(c1cccc2ccccc12)S(C)(=O)=O. The van der Waals surface area contributed by atoms with Crippen molar-refractivity contribution < 1.29 is 13.2 Å². The van der Waals surface area contributed by atoms with Gasteiger partial charge in [0.25, 0.3) is 0 Å². The van der Waals surface area contributed by atoms with Crippen molar-refractivity contribution in [2.24, 2.45) is 0 Å². The number of anilines is 2. The molecule has 3 aromatic carbocycles. The van der Waals surface area contributed by atoms with Crippen LogP contribution in [0.1, 0.15) is 12.5 Å².